The van der Waals surface area contributed by atoms with Crippen molar-refractivity contribution in [3.63, 3.8) is 0 Å². The van der Waals surface area contributed by atoms with Crippen molar-refractivity contribution in [1.29, 1.82) is 0 Å². The first kappa shape index (κ1) is 19.6. The van der Waals surface area contributed by atoms with Gasteiger partial charge in [-0.25, -0.2) is 4.79 Å². The zero-order valence-corrected chi connectivity index (χ0v) is 16.0. The summed E-state index contributed by atoms with van der Waals surface area (Å²) in [5, 5.41) is 10.4. The summed E-state index contributed by atoms with van der Waals surface area (Å²) in [6.45, 7) is 10.8. The van der Waals surface area contributed by atoms with Gasteiger partial charge >= 0.3 is 6.09 Å². The highest BCUT2D eigenvalue weighted by Crippen LogP contribution is 2.29. The Balaban J connectivity index is 1.85. The summed E-state index contributed by atoms with van der Waals surface area (Å²) in [5.41, 5.74) is 0.678. The Hall–Kier alpha value is -1.72. The van der Waals surface area contributed by atoms with Crippen molar-refractivity contribution in [2.24, 2.45) is 0 Å². The summed E-state index contributed by atoms with van der Waals surface area (Å²) in [7, 11) is 0. The Morgan fingerprint density at radius 3 is 2.44 bits per heavy atom. The molecule has 1 aromatic carbocycles. The molecule has 1 aliphatic rings. The Labute approximate surface area is 154 Å². The maximum atomic E-state index is 12.1. The minimum Gasteiger partial charge on any atom is -0.444 e. The number of rotatable bonds is 4. The lowest BCUT2D eigenvalue weighted by molar-refractivity contribution is 0.0236. The Morgan fingerprint density at radius 1 is 1.28 bits per heavy atom. The minimum absolute atomic E-state index is 0.267. The van der Waals surface area contributed by atoms with Crippen LogP contribution in [0.25, 0.3) is 0 Å². The standard InChI is InChI=1S/C20H27NO3S/c1-15(25-17-8-6-5-7-9-17)18(22)14-16-10-12-21(13-11-16)19(23)24-20(2,3)4/h5-9,14,18,22H,1,10-13H2,2-4H3. The Kier molecular flexibility index (Phi) is 6.73. The fraction of sp³-hybridized carbons (Fsp3) is 0.450. The number of thioether (sulfide) groups is 1. The molecule has 4 nitrogen and oxygen atoms in total. The van der Waals surface area contributed by atoms with E-state index in [0.29, 0.717) is 18.0 Å². The minimum atomic E-state index is -0.687. The lowest BCUT2D eigenvalue weighted by Gasteiger charge is -2.31. The number of hydrogen-bond donors (Lipinski definition) is 1. The van der Waals surface area contributed by atoms with Crippen LogP contribution in [0.1, 0.15) is 33.6 Å². The van der Waals surface area contributed by atoms with Crippen LogP contribution < -0.4 is 0 Å². The molecule has 0 bridgehead atoms. The zero-order valence-electron chi connectivity index (χ0n) is 15.2. The highest BCUT2D eigenvalue weighted by Gasteiger charge is 2.25. The van der Waals surface area contributed by atoms with Crippen molar-refractivity contribution in [1.82, 2.24) is 4.90 Å². The highest BCUT2D eigenvalue weighted by molar-refractivity contribution is 8.03. The number of nitrogens with zero attached hydrogens (tertiary/aromatic N) is 1. The maximum absolute atomic E-state index is 12.1. The molecule has 1 heterocycles. The second-order valence-corrected chi connectivity index (χ2v) is 8.32. The van der Waals surface area contributed by atoms with Crippen molar-refractivity contribution in [2.45, 2.75) is 50.2 Å². The predicted octanol–water partition coefficient (Wildman–Crippen LogP) is 4.61. The van der Waals surface area contributed by atoms with Crippen LogP contribution in [0.5, 0.6) is 0 Å². The summed E-state index contributed by atoms with van der Waals surface area (Å²) < 4.78 is 5.40. The van der Waals surface area contributed by atoms with Crippen LogP contribution in [0.2, 0.25) is 0 Å². The van der Waals surface area contributed by atoms with E-state index in [-0.39, 0.29) is 6.09 Å². The SMILES string of the molecule is C=C(Sc1ccccc1)C(O)C=C1CCN(C(=O)OC(C)(C)C)CC1. The van der Waals surface area contributed by atoms with Gasteiger partial charge in [-0.3, -0.25) is 0 Å². The van der Waals surface area contributed by atoms with Gasteiger partial charge in [-0.05, 0) is 45.7 Å². The monoisotopic (exact) mass is 361 g/mol. The van der Waals surface area contributed by atoms with Gasteiger partial charge in [-0.15, -0.1) is 0 Å². The van der Waals surface area contributed by atoms with E-state index in [0.717, 1.165) is 23.3 Å². The molecule has 1 aliphatic heterocycles. The highest BCUT2D eigenvalue weighted by atomic mass is 32.2. The third-order valence-corrected chi connectivity index (χ3v) is 4.78. The summed E-state index contributed by atoms with van der Waals surface area (Å²) in [5.74, 6) is 0. The van der Waals surface area contributed by atoms with E-state index in [1.807, 2.05) is 57.2 Å². The van der Waals surface area contributed by atoms with Gasteiger partial charge in [0.05, 0.1) is 0 Å². The van der Waals surface area contributed by atoms with Crippen molar-refractivity contribution >= 4 is 17.9 Å². The molecule has 25 heavy (non-hydrogen) atoms. The molecule has 1 aromatic rings. The molecule has 2 rings (SSSR count). The summed E-state index contributed by atoms with van der Waals surface area (Å²) in [6, 6.07) is 9.88. The number of ether oxygens (including phenoxy) is 1. The zero-order chi connectivity index (χ0) is 18.4. The second-order valence-electron chi connectivity index (χ2n) is 7.12. The number of piperidine rings is 1. The van der Waals surface area contributed by atoms with E-state index in [2.05, 4.69) is 6.58 Å². The van der Waals surface area contributed by atoms with Crippen molar-refractivity contribution in [3.05, 3.63) is 53.5 Å². The van der Waals surface area contributed by atoms with E-state index >= 15 is 0 Å². The number of amides is 1. The topological polar surface area (TPSA) is 49.8 Å². The quantitative estimate of drug-likeness (QED) is 0.628. The normalized spacial score (nSPS) is 16.3. The molecule has 0 radical (unpaired) electrons. The van der Waals surface area contributed by atoms with Gasteiger partial charge in [0, 0.05) is 22.9 Å². The van der Waals surface area contributed by atoms with E-state index in [1.165, 1.54) is 11.8 Å². The van der Waals surface area contributed by atoms with Crippen molar-refractivity contribution in [3.8, 4) is 0 Å². The molecule has 0 aromatic heterocycles. The smallest absolute Gasteiger partial charge is 0.410 e. The third kappa shape index (κ3) is 6.59. The molecule has 136 valence electrons. The van der Waals surface area contributed by atoms with E-state index in [9.17, 15) is 9.90 Å². The van der Waals surface area contributed by atoms with Crippen LogP contribution in [0, 0.1) is 0 Å². The van der Waals surface area contributed by atoms with Gasteiger partial charge < -0.3 is 14.7 Å². The third-order valence-electron chi connectivity index (χ3n) is 3.77. The lowest BCUT2D eigenvalue weighted by Crippen LogP contribution is -2.40. The van der Waals surface area contributed by atoms with Gasteiger partial charge in [-0.1, -0.05) is 48.2 Å². The van der Waals surface area contributed by atoms with Crippen LogP contribution in [0.15, 0.2) is 58.4 Å². The van der Waals surface area contributed by atoms with Crippen molar-refractivity contribution in [2.75, 3.05) is 13.1 Å². The van der Waals surface area contributed by atoms with Gasteiger partial charge in [0.2, 0.25) is 0 Å². The average molecular weight is 362 g/mol. The van der Waals surface area contributed by atoms with E-state index < -0.39 is 11.7 Å². The van der Waals surface area contributed by atoms with Crippen LogP contribution >= 0.6 is 11.8 Å². The number of aliphatic hydroxyl groups is 1. The number of hydrogen-bond acceptors (Lipinski definition) is 4. The first-order valence-corrected chi connectivity index (χ1v) is 9.33. The molecule has 1 N–H and O–H groups in total. The Bertz CT molecular complexity index is 624. The fourth-order valence-electron chi connectivity index (χ4n) is 2.49. The predicted molar refractivity (Wildman–Crippen MR) is 103 cm³/mol. The lowest BCUT2D eigenvalue weighted by atomic mass is 10.0. The number of likely N-dealkylation sites (tertiary alicyclic amines) is 1. The number of aliphatic hydroxyl groups excluding tert-OH is 1. The van der Waals surface area contributed by atoms with Gasteiger partial charge in [0.15, 0.2) is 0 Å². The molecule has 0 spiro atoms. The summed E-state index contributed by atoms with van der Waals surface area (Å²) >= 11 is 1.48. The molecule has 0 saturated carbocycles. The van der Waals surface area contributed by atoms with Crippen LogP contribution in [-0.4, -0.2) is 40.9 Å². The van der Waals surface area contributed by atoms with E-state index in [1.54, 1.807) is 4.90 Å². The maximum Gasteiger partial charge on any atom is 0.410 e. The molecular weight excluding hydrogens is 334 g/mol. The number of benzene rings is 1. The fourth-order valence-corrected chi connectivity index (χ4v) is 3.27. The number of carbonyl (C=O) groups is 1. The van der Waals surface area contributed by atoms with Gasteiger partial charge in [0.25, 0.3) is 0 Å². The summed E-state index contributed by atoms with van der Waals surface area (Å²) in [6.07, 6.45) is 2.41. The largest absolute Gasteiger partial charge is 0.444 e. The second kappa shape index (κ2) is 8.59. The van der Waals surface area contributed by atoms with Crippen LogP contribution in [-0.2, 0) is 4.74 Å². The van der Waals surface area contributed by atoms with Crippen molar-refractivity contribution < 1.29 is 14.6 Å². The average Bonchev–Trinajstić information content (AvgIpc) is 2.54. The molecule has 1 unspecified atom stereocenters. The van der Waals surface area contributed by atoms with E-state index in [4.69, 9.17) is 4.74 Å². The molecule has 5 heteroatoms. The number of carbonyl (C=O) groups excluding carboxylic acids is 1. The molecular formula is C20H27NO3S. The Morgan fingerprint density at radius 2 is 1.88 bits per heavy atom. The summed E-state index contributed by atoms with van der Waals surface area (Å²) in [4.78, 5) is 15.6. The first-order chi connectivity index (χ1) is 11.7. The molecule has 0 aliphatic carbocycles. The first-order valence-electron chi connectivity index (χ1n) is 8.52. The molecule has 1 atom stereocenters. The molecule has 1 fully saturated rings. The van der Waals surface area contributed by atoms with Gasteiger partial charge in [-0.2, -0.15) is 0 Å². The molecule has 1 amide bonds. The van der Waals surface area contributed by atoms with Crippen LogP contribution in [0.4, 0.5) is 4.79 Å². The molecule has 1 saturated heterocycles. The van der Waals surface area contributed by atoms with Crippen LogP contribution in [0.3, 0.4) is 0 Å². The van der Waals surface area contributed by atoms with Gasteiger partial charge in [0.1, 0.15) is 11.7 Å².